The molecule has 0 saturated carbocycles. The molecule has 1 aromatic carbocycles. The highest BCUT2D eigenvalue weighted by molar-refractivity contribution is 6.32. The van der Waals surface area contributed by atoms with E-state index in [0.29, 0.717) is 5.69 Å². The highest BCUT2D eigenvalue weighted by Crippen LogP contribution is 2.17. The lowest BCUT2D eigenvalue weighted by atomic mass is 10.1. The second kappa shape index (κ2) is 8.26. The molecule has 1 atom stereocenters. The van der Waals surface area contributed by atoms with Gasteiger partial charge in [0, 0.05) is 12.3 Å². The van der Waals surface area contributed by atoms with E-state index >= 15 is 0 Å². The Balaban J connectivity index is 1.90. The summed E-state index contributed by atoms with van der Waals surface area (Å²) in [5.41, 5.74) is 2.37. The maximum atomic E-state index is 12.0. The summed E-state index contributed by atoms with van der Waals surface area (Å²) in [7, 11) is 0. The quantitative estimate of drug-likeness (QED) is 0.511. The summed E-state index contributed by atoms with van der Waals surface area (Å²) in [6.45, 7) is 3.47. The molecule has 124 valence electrons. The van der Waals surface area contributed by atoms with Gasteiger partial charge in [-0.25, -0.2) is 9.78 Å². The molecule has 0 radical (unpaired) electrons. The van der Waals surface area contributed by atoms with Crippen molar-refractivity contribution >= 4 is 35.2 Å². The number of aryl methyl sites for hydroxylation is 1. The molecule has 1 N–H and O–H groups in total. The van der Waals surface area contributed by atoms with Gasteiger partial charge in [-0.05, 0) is 37.6 Å². The number of aromatic nitrogens is 1. The van der Waals surface area contributed by atoms with Crippen LogP contribution < -0.4 is 5.32 Å². The second-order valence-electron chi connectivity index (χ2n) is 5.15. The highest BCUT2D eigenvalue weighted by Gasteiger charge is 2.17. The molecule has 0 unspecified atom stereocenters. The van der Waals surface area contributed by atoms with Crippen molar-refractivity contribution in [2.75, 3.05) is 5.32 Å². The van der Waals surface area contributed by atoms with Gasteiger partial charge in [0.25, 0.3) is 5.91 Å². The fourth-order valence-electron chi connectivity index (χ4n) is 1.82. The van der Waals surface area contributed by atoms with E-state index in [1.54, 1.807) is 18.2 Å². The van der Waals surface area contributed by atoms with Gasteiger partial charge in [-0.2, -0.15) is 0 Å². The van der Waals surface area contributed by atoms with Gasteiger partial charge in [-0.3, -0.25) is 4.79 Å². The number of rotatable bonds is 5. The van der Waals surface area contributed by atoms with Crippen molar-refractivity contribution in [2.24, 2.45) is 0 Å². The SMILES string of the molecule is Cc1ccc(/C=C/C(=O)O[C@H](C)C(=O)Nc2cccnc2Cl)cc1. The van der Waals surface area contributed by atoms with Crippen LogP contribution in [0, 0.1) is 6.92 Å². The number of carbonyl (C=O) groups is 2. The Hall–Kier alpha value is -2.66. The first-order valence-electron chi connectivity index (χ1n) is 7.32. The fraction of sp³-hybridized carbons (Fsp3) is 0.167. The lowest BCUT2D eigenvalue weighted by molar-refractivity contribution is -0.148. The zero-order valence-corrected chi connectivity index (χ0v) is 14.1. The van der Waals surface area contributed by atoms with E-state index in [1.165, 1.54) is 19.2 Å². The number of ether oxygens (including phenoxy) is 1. The number of pyridine rings is 1. The maximum Gasteiger partial charge on any atom is 0.331 e. The van der Waals surface area contributed by atoms with Crippen molar-refractivity contribution in [3.63, 3.8) is 0 Å². The molecule has 1 aromatic heterocycles. The Morgan fingerprint density at radius 3 is 2.62 bits per heavy atom. The number of halogens is 1. The van der Waals surface area contributed by atoms with E-state index in [9.17, 15) is 9.59 Å². The van der Waals surface area contributed by atoms with Crippen LogP contribution in [-0.4, -0.2) is 23.0 Å². The average Bonchev–Trinajstić information content (AvgIpc) is 2.56. The Kier molecular flexibility index (Phi) is 6.09. The van der Waals surface area contributed by atoms with Crippen molar-refractivity contribution in [2.45, 2.75) is 20.0 Å². The molecule has 2 rings (SSSR count). The monoisotopic (exact) mass is 344 g/mol. The van der Waals surface area contributed by atoms with Crippen LogP contribution in [0.1, 0.15) is 18.1 Å². The molecule has 1 amide bonds. The first-order valence-corrected chi connectivity index (χ1v) is 7.70. The lowest BCUT2D eigenvalue weighted by Gasteiger charge is -2.12. The van der Waals surface area contributed by atoms with Gasteiger partial charge in [0.05, 0.1) is 5.69 Å². The van der Waals surface area contributed by atoms with Gasteiger partial charge in [-0.15, -0.1) is 0 Å². The van der Waals surface area contributed by atoms with Gasteiger partial charge in [0.15, 0.2) is 11.3 Å². The van der Waals surface area contributed by atoms with E-state index in [2.05, 4.69) is 10.3 Å². The number of benzene rings is 1. The van der Waals surface area contributed by atoms with Crippen molar-refractivity contribution < 1.29 is 14.3 Å². The van der Waals surface area contributed by atoms with E-state index in [-0.39, 0.29) is 5.15 Å². The molecule has 2 aromatic rings. The van der Waals surface area contributed by atoms with Crippen LogP contribution in [0.3, 0.4) is 0 Å². The third kappa shape index (κ3) is 5.21. The lowest BCUT2D eigenvalue weighted by Crippen LogP contribution is -2.29. The fourth-order valence-corrected chi connectivity index (χ4v) is 1.99. The maximum absolute atomic E-state index is 12.0. The number of esters is 1. The Morgan fingerprint density at radius 1 is 1.25 bits per heavy atom. The van der Waals surface area contributed by atoms with Gasteiger partial charge in [0.1, 0.15) is 0 Å². The van der Waals surface area contributed by atoms with Crippen LogP contribution in [0.2, 0.25) is 5.15 Å². The third-order valence-corrected chi connectivity index (χ3v) is 3.47. The average molecular weight is 345 g/mol. The van der Waals surface area contributed by atoms with Gasteiger partial charge in [0.2, 0.25) is 0 Å². The first-order chi connectivity index (χ1) is 11.5. The van der Waals surface area contributed by atoms with Gasteiger partial charge >= 0.3 is 5.97 Å². The third-order valence-electron chi connectivity index (χ3n) is 3.17. The first kappa shape index (κ1) is 17.7. The van der Waals surface area contributed by atoms with Crippen LogP contribution >= 0.6 is 11.6 Å². The number of nitrogens with one attached hydrogen (secondary N) is 1. The summed E-state index contributed by atoms with van der Waals surface area (Å²) in [5.74, 6) is -1.09. The number of hydrogen-bond donors (Lipinski definition) is 1. The molecule has 0 bridgehead atoms. The summed E-state index contributed by atoms with van der Waals surface area (Å²) >= 11 is 5.86. The number of amides is 1. The van der Waals surface area contributed by atoms with Crippen LogP contribution in [0.5, 0.6) is 0 Å². The van der Waals surface area contributed by atoms with Gasteiger partial charge < -0.3 is 10.1 Å². The topological polar surface area (TPSA) is 68.3 Å². The largest absolute Gasteiger partial charge is 0.449 e. The predicted octanol–water partition coefficient (Wildman–Crippen LogP) is 3.63. The number of hydrogen-bond acceptors (Lipinski definition) is 4. The molecule has 0 fully saturated rings. The number of nitrogens with zero attached hydrogens (tertiary/aromatic N) is 1. The summed E-state index contributed by atoms with van der Waals surface area (Å²) in [6.07, 6.45) is 3.46. The van der Waals surface area contributed by atoms with Gasteiger partial charge in [-0.1, -0.05) is 41.4 Å². The summed E-state index contributed by atoms with van der Waals surface area (Å²) in [6, 6.07) is 10.9. The highest BCUT2D eigenvalue weighted by atomic mass is 35.5. The minimum Gasteiger partial charge on any atom is -0.449 e. The molecule has 0 aliphatic rings. The molecule has 5 nitrogen and oxygen atoms in total. The van der Waals surface area contributed by atoms with E-state index in [1.807, 2.05) is 31.2 Å². The van der Waals surface area contributed by atoms with Crippen molar-refractivity contribution in [3.05, 3.63) is 65.0 Å². The van der Waals surface area contributed by atoms with E-state index in [0.717, 1.165) is 11.1 Å². The molecule has 0 aliphatic heterocycles. The number of anilines is 1. The Labute approximate surface area is 145 Å². The van der Waals surface area contributed by atoms with E-state index in [4.69, 9.17) is 16.3 Å². The minimum atomic E-state index is -0.962. The summed E-state index contributed by atoms with van der Waals surface area (Å²) in [4.78, 5) is 27.7. The van der Waals surface area contributed by atoms with Crippen LogP contribution in [0.4, 0.5) is 5.69 Å². The molecule has 6 heteroatoms. The standard InChI is InChI=1S/C18H17ClN2O3/c1-12-5-7-14(8-6-12)9-10-16(22)24-13(2)18(23)21-15-4-3-11-20-17(15)19/h3-11,13H,1-2H3,(H,21,23)/b10-9+/t13-/m1/s1. The molecule has 0 saturated heterocycles. The molecule has 24 heavy (non-hydrogen) atoms. The zero-order valence-electron chi connectivity index (χ0n) is 13.3. The number of carbonyl (C=O) groups excluding carboxylic acids is 2. The molecular formula is C18H17ClN2O3. The Bertz CT molecular complexity index is 757. The second-order valence-corrected chi connectivity index (χ2v) is 5.51. The van der Waals surface area contributed by atoms with Crippen molar-refractivity contribution in [1.29, 1.82) is 0 Å². The summed E-state index contributed by atoms with van der Waals surface area (Å²) in [5, 5.41) is 2.73. The van der Waals surface area contributed by atoms with E-state index < -0.39 is 18.0 Å². The van der Waals surface area contributed by atoms with Crippen molar-refractivity contribution in [1.82, 2.24) is 4.98 Å². The summed E-state index contributed by atoms with van der Waals surface area (Å²) < 4.78 is 5.07. The smallest absolute Gasteiger partial charge is 0.331 e. The predicted molar refractivity (Wildman–Crippen MR) is 93.6 cm³/mol. The minimum absolute atomic E-state index is 0.170. The zero-order chi connectivity index (χ0) is 17.5. The Morgan fingerprint density at radius 2 is 1.96 bits per heavy atom. The van der Waals surface area contributed by atoms with Crippen molar-refractivity contribution in [3.8, 4) is 0 Å². The normalized spacial score (nSPS) is 12.0. The molecular weight excluding hydrogens is 328 g/mol. The van der Waals surface area contributed by atoms with Crippen LogP contribution in [0.15, 0.2) is 48.7 Å². The van der Waals surface area contributed by atoms with Crippen LogP contribution in [-0.2, 0) is 14.3 Å². The van der Waals surface area contributed by atoms with Crippen LogP contribution in [0.25, 0.3) is 6.08 Å². The molecule has 0 aliphatic carbocycles. The molecule has 0 spiro atoms. The molecule has 1 heterocycles.